The van der Waals surface area contributed by atoms with Gasteiger partial charge in [0.15, 0.2) is 0 Å². The first-order valence-corrected chi connectivity index (χ1v) is 6.32. The summed E-state index contributed by atoms with van der Waals surface area (Å²) in [7, 11) is 0. The van der Waals surface area contributed by atoms with Crippen LogP contribution in [0.15, 0.2) is 18.2 Å². The maximum absolute atomic E-state index is 10.9. The fourth-order valence-electron chi connectivity index (χ4n) is 2.43. The highest BCUT2D eigenvalue weighted by Gasteiger charge is 2.18. The summed E-state index contributed by atoms with van der Waals surface area (Å²) in [6.45, 7) is 1.76. The van der Waals surface area contributed by atoms with Gasteiger partial charge in [-0.15, -0.1) is 0 Å². The van der Waals surface area contributed by atoms with Crippen molar-refractivity contribution in [2.24, 2.45) is 0 Å². The number of nitrogens with zero attached hydrogens (tertiary/aromatic N) is 2. The third-order valence-corrected chi connectivity index (χ3v) is 3.31. The first-order chi connectivity index (χ1) is 9.08. The van der Waals surface area contributed by atoms with E-state index in [1.807, 2.05) is 0 Å². The largest absolute Gasteiger partial charge is 0.481 e. The third kappa shape index (κ3) is 3.21. The molecule has 2 rings (SSSR count). The summed E-state index contributed by atoms with van der Waals surface area (Å²) in [5.41, 5.74) is 1.27. The second kappa shape index (κ2) is 5.69. The smallest absolute Gasteiger partial charge is 0.307 e. The van der Waals surface area contributed by atoms with Crippen LogP contribution < -0.4 is 4.90 Å². The van der Waals surface area contributed by atoms with Crippen molar-refractivity contribution in [3.8, 4) is 0 Å². The molecule has 1 N–H and O–H groups in total. The zero-order valence-electron chi connectivity index (χ0n) is 10.5. The molecule has 0 radical (unpaired) electrons. The van der Waals surface area contributed by atoms with Gasteiger partial charge in [0.25, 0.3) is 5.69 Å². The highest BCUT2D eigenvalue weighted by molar-refractivity contribution is 5.74. The average Bonchev–Trinajstić information content (AvgIpc) is 2.39. The molecule has 0 amide bonds. The van der Waals surface area contributed by atoms with Crippen molar-refractivity contribution >= 4 is 17.3 Å². The van der Waals surface area contributed by atoms with Gasteiger partial charge in [0.05, 0.1) is 11.3 Å². The van der Waals surface area contributed by atoms with Crippen LogP contribution in [0.3, 0.4) is 0 Å². The molecule has 1 fully saturated rings. The zero-order chi connectivity index (χ0) is 13.8. The zero-order valence-corrected chi connectivity index (χ0v) is 10.5. The molecule has 1 saturated heterocycles. The van der Waals surface area contributed by atoms with Crippen LogP contribution in [0.2, 0.25) is 0 Å². The molecule has 19 heavy (non-hydrogen) atoms. The van der Waals surface area contributed by atoms with E-state index in [-0.39, 0.29) is 12.1 Å². The molecular formula is C13H16N2O4. The molecule has 0 aromatic heterocycles. The van der Waals surface area contributed by atoms with Crippen LogP contribution in [-0.4, -0.2) is 29.1 Å². The lowest BCUT2D eigenvalue weighted by Crippen LogP contribution is -2.30. The van der Waals surface area contributed by atoms with Gasteiger partial charge < -0.3 is 10.0 Å². The molecule has 1 aromatic rings. The van der Waals surface area contributed by atoms with Crippen molar-refractivity contribution in [2.75, 3.05) is 18.0 Å². The Kier molecular flexibility index (Phi) is 3.99. The highest BCUT2D eigenvalue weighted by Crippen LogP contribution is 2.28. The summed E-state index contributed by atoms with van der Waals surface area (Å²) >= 11 is 0. The van der Waals surface area contributed by atoms with Gasteiger partial charge >= 0.3 is 5.97 Å². The summed E-state index contributed by atoms with van der Waals surface area (Å²) in [6, 6.07) is 4.48. The number of anilines is 1. The minimum absolute atomic E-state index is 0.0583. The van der Waals surface area contributed by atoms with Gasteiger partial charge in [-0.05, 0) is 30.9 Å². The standard InChI is InChI=1S/C13H16N2O4/c16-13(17)9-10-8-11(15(18)19)4-5-12(10)14-6-2-1-3-7-14/h4-5,8H,1-3,6-7,9H2,(H,16,17). The topological polar surface area (TPSA) is 83.7 Å². The Bertz CT molecular complexity index is 495. The van der Waals surface area contributed by atoms with E-state index >= 15 is 0 Å². The predicted octanol–water partition coefficient (Wildman–Crippen LogP) is 2.21. The first-order valence-electron chi connectivity index (χ1n) is 6.32. The molecule has 102 valence electrons. The quantitative estimate of drug-likeness (QED) is 0.665. The van der Waals surface area contributed by atoms with Crippen LogP contribution >= 0.6 is 0 Å². The molecule has 0 unspecified atom stereocenters. The SMILES string of the molecule is O=C(O)Cc1cc([N+](=O)[O-])ccc1N1CCCCC1. The van der Waals surface area contributed by atoms with Gasteiger partial charge in [0.2, 0.25) is 0 Å². The summed E-state index contributed by atoms with van der Waals surface area (Å²) in [6.07, 6.45) is 3.14. The molecule has 0 spiro atoms. The maximum atomic E-state index is 10.9. The van der Waals surface area contributed by atoms with Crippen LogP contribution in [0.5, 0.6) is 0 Å². The number of carboxylic acid groups (broad SMARTS) is 1. The number of nitro groups is 1. The second-order valence-electron chi connectivity index (χ2n) is 4.69. The van der Waals surface area contributed by atoms with E-state index in [0.29, 0.717) is 5.56 Å². The Morgan fingerprint density at radius 1 is 1.32 bits per heavy atom. The number of carbonyl (C=O) groups is 1. The number of aliphatic carboxylic acids is 1. The number of benzene rings is 1. The molecule has 0 aliphatic carbocycles. The first kappa shape index (κ1) is 13.3. The molecule has 6 nitrogen and oxygen atoms in total. The van der Waals surface area contributed by atoms with Crippen LogP contribution in [0, 0.1) is 10.1 Å². The molecular weight excluding hydrogens is 248 g/mol. The van der Waals surface area contributed by atoms with E-state index in [1.165, 1.54) is 18.6 Å². The molecule has 1 aliphatic heterocycles. The van der Waals surface area contributed by atoms with Crippen molar-refractivity contribution < 1.29 is 14.8 Å². The van der Waals surface area contributed by atoms with E-state index in [9.17, 15) is 14.9 Å². The fourth-order valence-corrected chi connectivity index (χ4v) is 2.43. The fraction of sp³-hybridized carbons (Fsp3) is 0.462. The number of non-ortho nitro benzene ring substituents is 1. The molecule has 1 aliphatic rings. The van der Waals surface area contributed by atoms with Gasteiger partial charge in [-0.2, -0.15) is 0 Å². The van der Waals surface area contributed by atoms with E-state index in [0.717, 1.165) is 31.6 Å². The second-order valence-corrected chi connectivity index (χ2v) is 4.69. The highest BCUT2D eigenvalue weighted by atomic mass is 16.6. The number of carboxylic acids is 1. The number of piperidine rings is 1. The van der Waals surface area contributed by atoms with Crippen molar-refractivity contribution in [3.05, 3.63) is 33.9 Å². The van der Waals surface area contributed by atoms with Gasteiger partial charge in [-0.3, -0.25) is 14.9 Å². The lowest BCUT2D eigenvalue weighted by Gasteiger charge is -2.30. The summed E-state index contributed by atoms with van der Waals surface area (Å²) in [5, 5.41) is 19.7. The van der Waals surface area contributed by atoms with Crippen LogP contribution in [-0.2, 0) is 11.2 Å². The Morgan fingerprint density at radius 3 is 2.58 bits per heavy atom. The predicted molar refractivity (Wildman–Crippen MR) is 70.5 cm³/mol. The lowest BCUT2D eigenvalue weighted by atomic mass is 10.0. The molecule has 1 aromatic carbocycles. The molecule has 0 saturated carbocycles. The van der Waals surface area contributed by atoms with Crippen molar-refractivity contribution in [3.63, 3.8) is 0 Å². The normalized spacial score (nSPS) is 15.3. The molecule has 0 atom stereocenters. The molecule has 0 bridgehead atoms. The minimum Gasteiger partial charge on any atom is -0.481 e. The van der Waals surface area contributed by atoms with E-state index in [1.54, 1.807) is 6.07 Å². The van der Waals surface area contributed by atoms with Crippen molar-refractivity contribution in [1.82, 2.24) is 0 Å². The van der Waals surface area contributed by atoms with Crippen LogP contribution in [0.1, 0.15) is 24.8 Å². The maximum Gasteiger partial charge on any atom is 0.307 e. The van der Waals surface area contributed by atoms with E-state index in [2.05, 4.69) is 4.90 Å². The lowest BCUT2D eigenvalue weighted by molar-refractivity contribution is -0.384. The van der Waals surface area contributed by atoms with Crippen molar-refractivity contribution in [2.45, 2.75) is 25.7 Å². The van der Waals surface area contributed by atoms with Crippen molar-refractivity contribution in [1.29, 1.82) is 0 Å². The number of hydrogen-bond donors (Lipinski definition) is 1. The van der Waals surface area contributed by atoms with Crippen LogP contribution in [0.25, 0.3) is 0 Å². The van der Waals surface area contributed by atoms with Crippen LogP contribution in [0.4, 0.5) is 11.4 Å². The summed E-state index contributed by atoms with van der Waals surface area (Å²) in [5.74, 6) is -0.973. The van der Waals surface area contributed by atoms with E-state index in [4.69, 9.17) is 5.11 Å². The Hall–Kier alpha value is -2.11. The minimum atomic E-state index is -0.973. The molecule has 1 heterocycles. The van der Waals surface area contributed by atoms with Gasteiger partial charge in [0.1, 0.15) is 0 Å². The third-order valence-electron chi connectivity index (χ3n) is 3.31. The monoisotopic (exact) mass is 264 g/mol. The summed E-state index contributed by atoms with van der Waals surface area (Å²) < 4.78 is 0. The Morgan fingerprint density at radius 2 is 2.00 bits per heavy atom. The average molecular weight is 264 g/mol. The van der Waals surface area contributed by atoms with E-state index < -0.39 is 10.9 Å². The number of hydrogen-bond acceptors (Lipinski definition) is 4. The summed E-state index contributed by atoms with van der Waals surface area (Å²) in [4.78, 5) is 23.3. The number of nitro benzene ring substituents is 1. The Labute approximate surface area is 110 Å². The van der Waals surface area contributed by atoms with Gasteiger partial charge in [-0.25, -0.2) is 0 Å². The molecule has 6 heteroatoms. The Balaban J connectivity index is 2.34. The van der Waals surface area contributed by atoms with Gasteiger partial charge in [0, 0.05) is 30.9 Å². The number of rotatable bonds is 4. The van der Waals surface area contributed by atoms with Gasteiger partial charge in [-0.1, -0.05) is 0 Å².